The van der Waals surface area contributed by atoms with Gasteiger partial charge in [-0.2, -0.15) is 0 Å². The molecule has 1 N–H and O–H groups in total. The van der Waals surface area contributed by atoms with E-state index in [4.69, 9.17) is 5.11 Å². The summed E-state index contributed by atoms with van der Waals surface area (Å²) in [6.07, 6.45) is 0. The van der Waals surface area contributed by atoms with Gasteiger partial charge in [0.1, 0.15) is 0 Å². The van der Waals surface area contributed by atoms with Gasteiger partial charge in [-0.1, -0.05) is 59.9 Å². The molecule has 0 aliphatic carbocycles. The Bertz CT molecular complexity index is 330. The van der Waals surface area contributed by atoms with Gasteiger partial charge < -0.3 is 5.11 Å². The molecule has 2 nitrogen and oxygen atoms in total. The fraction of sp³-hybridized carbons (Fsp3) is 0.125. The van der Waals surface area contributed by atoms with Crippen LogP contribution in [-0.4, -0.2) is 11.1 Å². The SMILES string of the molecule is O=C(O)c1cccc(C(Br)(Br)Br)c1. The van der Waals surface area contributed by atoms with Gasteiger partial charge >= 0.3 is 5.97 Å². The third kappa shape index (κ3) is 3.07. The Kier molecular flexibility index (Phi) is 3.54. The Hall–Kier alpha value is 0.130. The topological polar surface area (TPSA) is 37.3 Å². The summed E-state index contributed by atoms with van der Waals surface area (Å²) in [7, 11) is 0. The first-order valence-electron chi connectivity index (χ1n) is 3.32. The van der Waals surface area contributed by atoms with Gasteiger partial charge in [0.15, 0.2) is 2.14 Å². The number of rotatable bonds is 1. The number of benzene rings is 1. The first kappa shape index (κ1) is 11.2. The summed E-state index contributed by atoms with van der Waals surface area (Å²) in [6.45, 7) is 0. The number of hydrogen-bond donors (Lipinski definition) is 1. The lowest BCUT2D eigenvalue weighted by Crippen LogP contribution is -2.02. The van der Waals surface area contributed by atoms with Gasteiger partial charge in [0.2, 0.25) is 0 Å². The Morgan fingerprint density at radius 1 is 1.31 bits per heavy atom. The number of hydrogen-bond acceptors (Lipinski definition) is 1. The highest BCUT2D eigenvalue weighted by atomic mass is 80.0. The average molecular weight is 373 g/mol. The minimum absolute atomic E-state index is 0.264. The molecule has 1 aromatic carbocycles. The molecule has 13 heavy (non-hydrogen) atoms. The average Bonchev–Trinajstić information content (AvgIpc) is 2.03. The number of alkyl halides is 3. The van der Waals surface area contributed by atoms with Crippen LogP contribution in [0.4, 0.5) is 0 Å². The Labute approximate surface area is 101 Å². The molecule has 1 rings (SSSR count). The molecule has 0 saturated heterocycles. The Balaban J connectivity index is 3.13. The standard InChI is InChI=1S/C8H5Br3O2/c9-8(10,11)6-3-1-2-5(4-6)7(12)13/h1-4H,(H,12,13). The first-order valence-corrected chi connectivity index (χ1v) is 5.70. The van der Waals surface area contributed by atoms with Gasteiger partial charge in [-0.25, -0.2) is 4.79 Å². The van der Waals surface area contributed by atoms with Gasteiger partial charge in [-0.3, -0.25) is 0 Å². The zero-order chi connectivity index (χ0) is 10.1. The van der Waals surface area contributed by atoms with Gasteiger partial charge in [-0.15, -0.1) is 0 Å². The van der Waals surface area contributed by atoms with Crippen molar-refractivity contribution in [3.05, 3.63) is 35.4 Å². The Morgan fingerprint density at radius 2 is 1.92 bits per heavy atom. The van der Waals surface area contributed by atoms with Crippen molar-refractivity contribution in [3.8, 4) is 0 Å². The van der Waals surface area contributed by atoms with E-state index in [-0.39, 0.29) is 5.56 Å². The van der Waals surface area contributed by atoms with Gasteiger partial charge in [-0.05, 0) is 17.7 Å². The summed E-state index contributed by atoms with van der Waals surface area (Å²) in [5.41, 5.74) is 1.06. The van der Waals surface area contributed by atoms with Crippen LogP contribution in [0.2, 0.25) is 0 Å². The van der Waals surface area contributed by atoms with Crippen LogP contribution in [0.15, 0.2) is 24.3 Å². The van der Waals surface area contributed by atoms with Crippen LogP contribution < -0.4 is 0 Å². The number of halogens is 3. The van der Waals surface area contributed by atoms with E-state index >= 15 is 0 Å². The van der Waals surface area contributed by atoms with Crippen LogP contribution in [-0.2, 0) is 2.14 Å². The van der Waals surface area contributed by atoms with Crippen LogP contribution in [0.25, 0.3) is 0 Å². The number of aromatic carboxylic acids is 1. The number of carbonyl (C=O) groups is 1. The lowest BCUT2D eigenvalue weighted by molar-refractivity contribution is 0.0697. The van der Waals surface area contributed by atoms with E-state index in [1.165, 1.54) is 0 Å². The van der Waals surface area contributed by atoms with E-state index in [1.54, 1.807) is 18.2 Å². The van der Waals surface area contributed by atoms with E-state index in [9.17, 15) is 4.79 Å². The second kappa shape index (κ2) is 4.11. The molecule has 0 aliphatic heterocycles. The maximum atomic E-state index is 10.6. The molecule has 0 radical (unpaired) electrons. The molecular weight excluding hydrogens is 368 g/mol. The maximum absolute atomic E-state index is 10.6. The Morgan fingerprint density at radius 3 is 2.38 bits per heavy atom. The minimum Gasteiger partial charge on any atom is -0.478 e. The monoisotopic (exact) mass is 370 g/mol. The van der Waals surface area contributed by atoms with Gasteiger partial charge in [0.25, 0.3) is 0 Å². The largest absolute Gasteiger partial charge is 0.478 e. The predicted octanol–water partition coefficient (Wildman–Crippen LogP) is 3.68. The van der Waals surface area contributed by atoms with Crippen molar-refractivity contribution in [1.82, 2.24) is 0 Å². The molecule has 70 valence electrons. The molecule has 0 aromatic heterocycles. The van der Waals surface area contributed by atoms with E-state index in [1.807, 2.05) is 6.07 Å². The number of carboxylic acids is 1. The molecule has 0 heterocycles. The van der Waals surface area contributed by atoms with E-state index in [2.05, 4.69) is 47.8 Å². The van der Waals surface area contributed by atoms with Crippen molar-refractivity contribution in [2.24, 2.45) is 0 Å². The lowest BCUT2D eigenvalue weighted by atomic mass is 10.1. The molecular formula is C8H5Br3O2. The summed E-state index contributed by atoms with van der Waals surface area (Å²) < 4.78 is -0.557. The minimum atomic E-state index is -0.932. The van der Waals surface area contributed by atoms with Crippen LogP contribution >= 0.6 is 47.8 Å². The fourth-order valence-corrected chi connectivity index (χ4v) is 1.57. The quantitative estimate of drug-likeness (QED) is 0.763. The summed E-state index contributed by atoms with van der Waals surface area (Å²) in [4.78, 5) is 10.6. The van der Waals surface area contributed by atoms with E-state index < -0.39 is 8.11 Å². The fourth-order valence-electron chi connectivity index (χ4n) is 0.829. The van der Waals surface area contributed by atoms with E-state index in [0.29, 0.717) is 0 Å². The van der Waals surface area contributed by atoms with Crippen LogP contribution in [0, 0.1) is 0 Å². The lowest BCUT2D eigenvalue weighted by Gasteiger charge is -2.12. The third-order valence-electron chi connectivity index (χ3n) is 1.44. The molecule has 5 heteroatoms. The second-order valence-electron chi connectivity index (χ2n) is 2.38. The van der Waals surface area contributed by atoms with Crippen molar-refractivity contribution in [2.75, 3.05) is 0 Å². The summed E-state index contributed by atoms with van der Waals surface area (Å²) in [5.74, 6) is -0.932. The molecule has 0 fully saturated rings. The first-order chi connectivity index (χ1) is 5.91. The maximum Gasteiger partial charge on any atom is 0.335 e. The summed E-state index contributed by atoms with van der Waals surface area (Å²) in [6, 6.07) is 6.63. The zero-order valence-electron chi connectivity index (χ0n) is 6.30. The van der Waals surface area contributed by atoms with Gasteiger partial charge in [0, 0.05) is 0 Å². The van der Waals surface area contributed by atoms with Crippen molar-refractivity contribution in [1.29, 1.82) is 0 Å². The molecule has 0 atom stereocenters. The smallest absolute Gasteiger partial charge is 0.335 e. The van der Waals surface area contributed by atoms with Crippen LogP contribution in [0.3, 0.4) is 0 Å². The van der Waals surface area contributed by atoms with Crippen molar-refractivity contribution in [3.63, 3.8) is 0 Å². The highest BCUT2D eigenvalue weighted by Crippen LogP contribution is 2.44. The second-order valence-corrected chi connectivity index (χ2v) is 9.14. The van der Waals surface area contributed by atoms with Gasteiger partial charge in [0.05, 0.1) is 5.56 Å². The van der Waals surface area contributed by atoms with Crippen molar-refractivity contribution >= 4 is 53.8 Å². The molecule has 0 aliphatic rings. The number of carboxylic acid groups (broad SMARTS) is 1. The van der Waals surface area contributed by atoms with Crippen molar-refractivity contribution < 1.29 is 9.90 Å². The highest BCUT2D eigenvalue weighted by Gasteiger charge is 2.21. The van der Waals surface area contributed by atoms with Crippen LogP contribution in [0.5, 0.6) is 0 Å². The zero-order valence-corrected chi connectivity index (χ0v) is 11.1. The molecule has 0 spiro atoms. The van der Waals surface area contributed by atoms with Crippen LogP contribution in [0.1, 0.15) is 15.9 Å². The van der Waals surface area contributed by atoms with E-state index in [0.717, 1.165) is 5.56 Å². The molecule has 1 aromatic rings. The summed E-state index contributed by atoms with van der Waals surface area (Å²) in [5, 5.41) is 8.73. The predicted molar refractivity (Wildman–Crippen MR) is 61.9 cm³/mol. The highest BCUT2D eigenvalue weighted by molar-refractivity contribution is 9.38. The molecule has 0 saturated carbocycles. The third-order valence-corrected chi connectivity index (χ3v) is 2.81. The molecule has 0 amide bonds. The normalized spacial score (nSPS) is 11.3. The molecule has 0 unspecified atom stereocenters. The van der Waals surface area contributed by atoms with Crippen molar-refractivity contribution in [2.45, 2.75) is 2.14 Å². The molecule has 0 bridgehead atoms. The summed E-state index contributed by atoms with van der Waals surface area (Å²) >= 11 is 9.93.